The minimum atomic E-state index is -0.565. The lowest BCUT2D eigenvalue weighted by molar-refractivity contribution is 0.0727. The molecular formula is C21H24FNO3. The maximum atomic E-state index is 13.0. The van der Waals surface area contributed by atoms with E-state index in [9.17, 15) is 14.3 Å². The van der Waals surface area contributed by atoms with Crippen LogP contribution in [-0.4, -0.2) is 42.5 Å². The van der Waals surface area contributed by atoms with Crippen molar-refractivity contribution in [3.8, 4) is 5.75 Å². The van der Waals surface area contributed by atoms with Crippen molar-refractivity contribution in [3.05, 3.63) is 65.5 Å². The lowest BCUT2D eigenvalue weighted by atomic mass is 9.88. The zero-order valence-electron chi connectivity index (χ0n) is 14.9. The third kappa shape index (κ3) is 4.48. The minimum absolute atomic E-state index is 0.0326. The molecule has 0 aromatic heterocycles. The van der Waals surface area contributed by atoms with Crippen molar-refractivity contribution >= 4 is 5.78 Å². The van der Waals surface area contributed by atoms with Crippen molar-refractivity contribution in [2.75, 3.05) is 26.7 Å². The van der Waals surface area contributed by atoms with Crippen molar-refractivity contribution in [2.45, 2.75) is 18.9 Å². The van der Waals surface area contributed by atoms with Gasteiger partial charge in [-0.25, -0.2) is 4.39 Å². The number of rotatable bonds is 6. The molecule has 0 aliphatic carbocycles. The number of methoxy groups -OCH3 is 1. The lowest BCUT2D eigenvalue weighted by Gasteiger charge is -2.32. The van der Waals surface area contributed by atoms with Gasteiger partial charge in [0.1, 0.15) is 11.6 Å². The van der Waals surface area contributed by atoms with Gasteiger partial charge in [-0.15, -0.1) is 0 Å². The van der Waals surface area contributed by atoms with Crippen LogP contribution in [0.3, 0.4) is 0 Å². The number of aliphatic hydroxyl groups excluding tert-OH is 1. The summed E-state index contributed by atoms with van der Waals surface area (Å²) < 4.78 is 18.1. The van der Waals surface area contributed by atoms with E-state index in [0.717, 1.165) is 37.2 Å². The first-order valence-electron chi connectivity index (χ1n) is 8.91. The predicted octanol–water partition coefficient (Wildman–Crippen LogP) is 3.46. The van der Waals surface area contributed by atoms with Crippen molar-refractivity contribution in [2.24, 2.45) is 5.92 Å². The number of nitrogens with zero attached hydrogens (tertiary/aromatic N) is 1. The second-order valence-corrected chi connectivity index (χ2v) is 6.73. The summed E-state index contributed by atoms with van der Waals surface area (Å²) in [4.78, 5) is 14.7. The first-order chi connectivity index (χ1) is 12.6. The third-order valence-electron chi connectivity index (χ3n) is 5.02. The summed E-state index contributed by atoms with van der Waals surface area (Å²) in [6, 6.07) is 13.2. The van der Waals surface area contributed by atoms with Crippen LogP contribution in [0.4, 0.5) is 4.39 Å². The van der Waals surface area contributed by atoms with Crippen molar-refractivity contribution in [1.82, 2.24) is 4.90 Å². The Labute approximate surface area is 153 Å². The molecule has 4 nitrogen and oxygen atoms in total. The minimum Gasteiger partial charge on any atom is -0.497 e. The van der Waals surface area contributed by atoms with Gasteiger partial charge in [0.2, 0.25) is 0 Å². The molecule has 1 aliphatic rings. The van der Waals surface area contributed by atoms with Crippen LogP contribution < -0.4 is 4.74 Å². The topological polar surface area (TPSA) is 49.8 Å². The molecule has 1 aliphatic heterocycles. The number of β-amino-alcohol motifs (C(OH)–C–C–N with tert-alkyl or cyclic N) is 1. The Kier molecular flexibility index (Phi) is 6.01. The molecule has 1 atom stereocenters. The molecule has 1 N–H and O–H groups in total. The van der Waals surface area contributed by atoms with E-state index in [4.69, 9.17) is 4.74 Å². The Morgan fingerprint density at radius 3 is 2.35 bits per heavy atom. The number of likely N-dealkylation sites (tertiary alicyclic amines) is 1. The largest absolute Gasteiger partial charge is 0.497 e. The summed E-state index contributed by atoms with van der Waals surface area (Å²) in [5, 5.41) is 10.4. The number of Topliss-reactive ketones (excluding diaryl/α,β-unsaturated/α-hetero) is 1. The first-order valence-corrected chi connectivity index (χ1v) is 8.91. The van der Waals surface area contributed by atoms with Crippen LogP contribution in [-0.2, 0) is 0 Å². The fourth-order valence-corrected chi connectivity index (χ4v) is 3.40. The van der Waals surface area contributed by atoms with E-state index in [1.807, 2.05) is 24.3 Å². The highest BCUT2D eigenvalue weighted by atomic mass is 19.1. The molecule has 1 saturated heterocycles. The quantitative estimate of drug-likeness (QED) is 0.805. The molecular weight excluding hydrogens is 333 g/mol. The molecule has 1 fully saturated rings. The second kappa shape index (κ2) is 8.43. The van der Waals surface area contributed by atoms with Crippen molar-refractivity contribution in [1.29, 1.82) is 0 Å². The zero-order chi connectivity index (χ0) is 18.5. The number of hydrogen-bond donors (Lipinski definition) is 1. The summed E-state index contributed by atoms with van der Waals surface area (Å²) in [5.41, 5.74) is 1.43. The average molecular weight is 357 g/mol. The van der Waals surface area contributed by atoms with Gasteiger partial charge < -0.3 is 14.7 Å². The molecule has 1 heterocycles. The zero-order valence-corrected chi connectivity index (χ0v) is 14.9. The summed E-state index contributed by atoms with van der Waals surface area (Å²) in [7, 11) is 1.61. The van der Waals surface area contributed by atoms with Crippen LogP contribution in [0.15, 0.2) is 48.5 Å². The van der Waals surface area contributed by atoms with Gasteiger partial charge in [0.25, 0.3) is 0 Å². The molecule has 26 heavy (non-hydrogen) atoms. The number of halogens is 1. The second-order valence-electron chi connectivity index (χ2n) is 6.73. The van der Waals surface area contributed by atoms with Crippen LogP contribution in [0.25, 0.3) is 0 Å². The fraction of sp³-hybridized carbons (Fsp3) is 0.381. The summed E-state index contributed by atoms with van der Waals surface area (Å²) in [5.74, 6) is 0.486. The Bertz CT molecular complexity index is 722. The van der Waals surface area contributed by atoms with E-state index >= 15 is 0 Å². The summed E-state index contributed by atoms with van der Waals surface area (Å²) in [6.07, 6.45) is 0.946. The number of carbonyl (C=O) groups excluding carboxylic acids is 1. The Morgan fingerprint density at radius 1 is 1.15 bits per heavy atom. The average Bonchev–Trinajstić information content (AvgIpc) is 2.68. The van der Waals surface area contributed by atoms with Gasteiger partial charge in [-0.1, -0.05) is 12.1 Å². The van der Waals surface area contributed by atoms with Gasteiger partial charge in [-0.05, 0) is 67.9 Å². The van der Waals surface area contributed by atoms with Crippen LogP contribution in [0.1, 0.15) is 34.9 Å². The Morgan fingerprint density at radius 2 is 1.77 bits per heavy atom. The third-order valence-corrected chi connectivity index (χ3v) is 5.02. The van der Waals surface area contributed by atoms with E-state index in [2.05, 4.69) is 4.90 Å². The highest BCUT2D eigenvalue weighted by Crippen LogP contribution is 2.24. The number of benzene rings is 2. The normalized spacial score (nSPS) is 17.0. The molecule has 5 heteroatoms. The molecule has 2 aromatic carbocycles. The Hall–Kier alpha value is -2.24. The van der Waals surface area contributed by atoms with Gasteiger partial charge in [-0.3, -0.25) is 4.79 Å². The maximum Gasteiger partial charge on any atom is 0.166 e. The molecule has 1 unspecified atom stereocenters. The molecule has 0 saturated carbocycles. The molecule has 0 bridgehead atoms. The number of piperidine rings is 1. The van der Waals surface area contributed by atoms with Gasteiger partial charge in [-0.2, -0.15) is 0 Å². The molecule has 138 valence electrons. The van der Waals surface area contributed by atoms with Gasteiger partial charge in [0, 0.05) is 18.0 Å². The van der Waals surface area contributed by atoms with E-state index in [-0.39, 0.29) is 17.5 Å². The Balaban J connectivity index is 1.51. The van der Waals surface area contributed by atoms with Crippen LogP contribution >= 0.6 is 0 Å². The standard InChI is InChI=1S/C21H24FNO3/c1-26-19-8-4-15(5-9-19)20(24)14-23-12-10-17(11-13-23)21(25)16-2-6-18(22)7-3-16/h2-9,17,20,24H,10-14H2,1H3. The smallest absolute Gasteiger partial charge is 0.166 e. The number of hydrogen-bond acceptors (Lipinski definition) is 4. The molecule has 0 amide bonds. The van der Waals surface area contributed by atoms with Gasteiger partial charge in [0.15, 0.2) is 5.78 Å². The SMILES string of the molecule is COc1ccc(C(O)CN2CCC(C(=O)c3ccc(F)cc3)CC2)cc1. The van der Waals surface area contributed by atoms with Gasteiger partial charge >= 0.3 is 0 Å². The van der Waals surface area contributed by atoms with E-state index in [1.54, 1.807) is 19.2 Å². The van der Waals surface area contributed by atoms with Crippen LogP contribution in [0.5, 0.6) is 5.75 Å². The number of ketones is 1. The number of aliphatic hydroxyl groups is 1. The molecule has 2 aromatic rings. The predicted molar refractivity (Wildman–Crippen MR) is 97.8 cm³/mol. The first kappa shape index (κ1) is 18.5. The van der Waals surface area contributed by atoms with Crippen molar-refractivity contribution < 1.29 is 19.0 Å². The van der Waals surface area contributed by atoms with Crippen LogP contribution in [0.2, 0.25) is 0 Å². The summed E-state index contributed by atoms with van der Waals surface area (Å²) in [6.45, 7) is 2.08. The highest BCUT2D eigenvalue weighted by molar-refractivity contribution is 5.97. The molecule has 0 radical (unpaired) electrons. The highest BCUT2D eigenvalue weighted by Gasteiger charge is 2.26. The van der Waals surface area contributed by atoms with E-state index in [1.165, 1.54) is 12.1 Å². The van der Waals surface area contributed by atoms with E-state index in [0.29, 0.717) is 12.1 Å². The molecule has 3 rings (SSSR count). The van der Waals surface area contributed by atoms with Gasteiger partial charge in [0.05, 0.1) is 13.2 Å². The monoisotopic (exact) mass is 357 g/mol. The maximum absolute atomic E-state index is 13.0. The fourth-order valence-electron chi connectivity index (χ4n) is 3.40. The van der Waals surface area contributed by atoms with E-state index < -0.39 is 6.10 Å². The lowest BCUT2D eigenvalue weighted by Crippen LogP contribution is -2.38. The molecule has 0 spiro atoms. The summed E-state index contributed by atoms with van der Waals surface area (Å²) >= 11 is 0. The van der Waals surface area contributed by atoms with Crippen LogP contribution in [0, 0.1) is 11.7 Å². The number of ether oxygens (including phenoxy) is 1. The van der Waals surface area contributed by atoms with Crippen molar-refractivity contribution in [3.63, 3.8) is 0 Å². The number of carbonyl (C=O) groups is 1.